The maximum absolute atomic E-state index is 11.3. The van der Waals surface area contributed by atoms with Gasteiger partial charge < -0.3 is 20.2 Å². The number of pyridine rings is 1. The lowest BCUT2D eigenvalue weighted by Crippen LogP contribution is -2.14. The van der Waals surface area contributed by atoms with Gasteiger partial charge in [-0.05, 0) is 24.3 Å². The quantitative estimate of drug-likeness (QED) is 0.839. The van der Waals surface area contributed by atoms with Crippen LogP contribution in [0.1, 0.15) is 16.1 Å². The molecule has 6 heteroatoms. The van der Waals surface area contributed by atoms with Crippen molar-refractivity contribution in [2.24, 2.45) is 5.73 Å². The third-order valence-corrected chi connectivity index (χ3v) is 2.56. The Morgan fingerprint density at radius 1 is 1.60 bits per heavy atom. The van der Waals surface area contributed by atoms with E-state index in [0.717, 1.165) is 5.76 Å². The van der Waals surface area contributed by atoms with Crippen LogP contribution in [-0.2, 0) is 0 Å². The molecule has 0 saturated heterocycles. The fourth-order valence-corrected chi connectivity index (χ4v) is 1.63. The number of rotatable bonds is 6. The molecule has 0 fully saturated rings. The van der Waals surface area contributed by atoms with E-state index in [0.29, 0.717) is 12.2 Å². The van der Waals surface area contributed by atoms with E-state index >= 15 is 0 Å². The number of nitrogens with one attached hydrogen (secondary N) is 1. The molecule has 2 heterocycles. The molecule has 2 rings (SSSR count). The van der Waals surface area contributed by atoms with E-state index in [4.69, 9.17) is 14.9 Å². The second kappa shape index (κ2) is 6.42. The first-order chi connectivity index (χ1) is 9.70. The molecule has 3 N–H and O–H groups in total. The average Bonchev–Trinajstić information content (AvgIpc) is 2.96. The van der Waals surface area contributed by atoms with Crippen LogP contribution in [0.3, 0.4) is 0 Å². The molecule has 0 aromatic carbocycles. The highest BCUT2D eigenvalue weighted by molar-refractivity contribution is 5.95. The van der Waals surface area contributed by atoms with Crippen molar-refractivity contribution in [1.82, 2.24) is 4.98 Å². The number of primary amides is 1. The highest BCUT2D eigenvalue weighted by atomic mass is 16.5. The number of nitrogens with zero attached hydrogens (tertiary/aromatic N) is 1. The monoisotopic (exact) mass is 273 g/mol. The summed E-state index contributed by atoms with van der Waals surface area (Å²) in [5, 5.41) is 3.10. The van der Waals surface area contributed by atoms with Crippen LogP contribution in [0.25, 0.3) is 6.08 Å². The van der Waals surface area contributed by atoms with Crippen molar-refractivity contribution >= 4 is 17.7 Å². The van der Waals surface area contributed by atoms with Gasteiger partial charge in [0.2, 0.25) is 5.88 Å². The Hall–Kier alpha value is -2.76. The number of aromatic nitrogens is 1. The van der Waals surface area contributed by atoms with Crippen molar-refractivity contribution in [3.05, 3.63) is 48.1 Å². The smallest absolute Gasteiger partial charge is 0.254 e. The topological polar surface area (TPSA) is 90.4 Å². The minimum Gasteiger partial charge on any atom is -0.480 e. The summed E-state index contributed by atoms with van der Waals surface area (Å²) in [4.78, 5) is 15.3. The van der Waals surface area contributed by atoms with Gasteiger partial charge in [0.05, 0.1) is 25.3 Å². The van der Waals surface area contributed by atoms with Crippen LogP contribution in [0.4, 0.5) is 5.69 Å². The van der Waals surface area contributed by atoms with Gasteiger partial charge in [-0.2, -0.15) is 0 Å². The molecular weight excluding hydrogens is 258 g/mol. The minimum atomic E-state index is -0.580. The fraction of sp³-hybridized carbons (Fsp3) is 0.143. The van der Waals surface area contributed by atoms with Crippen LogP contribution < -0.4 is 15.8 Å². The lowest BCUT2D eigenvalue weighted by molar-refractivity contribution is 0.0996. The zero-order chi connectivity index (χ0) is 14.4. The van der Waals surface area contributed by atoms with Crippen LogP contribution in [0.15, 0.2) is 41.2 Å². The number of anilines is 1. The summed E-state index contributed by atoms with van der Waals surface area (Å²) >= 11 is 0. The molecule has 6 nitrogen and oxygen atoms in total. The zero-order valence-corrected chi connectivity index (χ0v) is 11.0. The van der Waals surface area contributed by atoms with E-state index < -0.39 is 5.91 Å². The number of carbonyl (C=O) groups excluding carboxylic acids is 1. The predicted octanol–water partition coefficient (Wildman–Crippen LogP) is 1.91. The van der Waals surface area contributed by atoms with Gasteiger partial charge in [-0.15, -0.1) is 0 Å². The maximum Gasteiger partial charge on any atom is 0.254 e. The first-order valence-electron chi connectivity index (χ1n) is 5.98. The number of amides is 1. The summed E-state index contributed by atoms with van der Waals surface area (Å²) in [6, 6.07) is 5.28. The van der Waals surface area contributed by atoms with E-state index in [1.165, 1.54) is 7.11 Å². The molecule has 0 aliphatic rings. The Bertz CT molecular complexity index is 606. The van der Waals surface area contributed by atoms with E-state index in [2.05, 4.69) is 10.3 Å². The molecule has 2 aromatic rings. The Balaban J connectivity index is 1.99. The van der Waals surface area contributed by atoms with Gasteiger partial charge in [0.1, 0.15) is 11.3 Å². The molecule has 0 spiro atoms. The Morgan fingerprint density at radius 3 is 3.10 bits per heavy atom. The van der Waals surface area contributed by atoms with Crippen molar-refractivity contribution in [2.75, 3.05) is 19.0 Å². The normalized spacial score (nSPS) is 10.7. The molecular formula is C14H15N3O3. The van der Waals surface area contributed by atoms with Gasteiger partial charge in [0.25, 0.3) is 5.91 Å². The van der Waals surface area contributed by atoms with Crippen molar-refractivity contribution in [2.45, 2.75) is 0 Å². The lowest BCUT2D eigenvalue weighted by atomic mass is 10.2. The molecule has 0 aliphatic heterocycles. The van der Waals surface area contributed by atoms with E-state index in [9.17, 15) is 4.79 Å². The van der Waals surface area contributed by atoms with E-state index in [1.807, 2.05) is 24.3 Å². The first kappa shape index (κ1) is 13.7. The summed E-state index contributed by atoms with van der Waals surface area (Å²) in [5.41, 5.74) is 6.19. The standard InChI is InChI=1S/C14H15N3O3/c1-19-14-12(13(15)18)8-10(9-17-14)16-6-2-4-11-5-3-7-20-11/h2-5,7-9,16H,6H2,1H3,(H2,15,18). The van der Waals surface area contributed by atoms with Crippen molar-refractivity contribution in [1.29, 1.82) is 0 Å². The Morgan fingerprint density at radius 2 is 2.45 bits per heavy atom. The molecule has 0 unspecified atom stereocenters. The summed E-state index contributed by atoms with van der Waals surface area (Å²) in [6.07, 6.45) is 6.93. The number of hydrogen-bond acceptors (Lipinski definition) is 5. The highest BCUT2D eigenvalue weighted by Crippen LogP contribution is 2.18. The van der Waals surface area contributed by atoms with Gasteiger partial charge in [-0.25, -0.2) is 4.98 Å². The molecule has 0 bridgehead atoms. The number of ether oxygens (including phenoxy) is 1. The van der Waals surface area contributed by atoms with Crippen molar-refractivity contribution in [3.63, 3.8) is 0 Å². The average molecular weight is 273 g/mol. The predicted molar refractivity (Wildman–Crippen MR) is 75.5 cm³/mol. The number of methoxy groups -OCH3 is 1. The Kier molecular flexibility index (Phi) is 4.39. The van der Waals surface area contributed by atoms with Crippen LogP contribution in [0.2, 0.25) is 0 Å². The van der Waals surface area contributed by atoms with Crippen molar-refractivity contribution in [3.8, 4) is 5.88 Å². The largest absolute Gasteiger partial charge is 0.480 e. The molecule has 0 saturated carbocycles. The molecule has 20 heavy (non-hydrogen) atoms. The van der Waals surface area contributed by atoms with Crippen molar-refractivity contribution < 1.29 is 13.9 Å². The van der Waals surface area contributed by atoms with E-state index in [1.54, 1.807) is 18.5 Å². The van der Waals surface area contributed by atoms with Gasteiger partial charge >= 0.3 is 0 Å². The second-order valence-electron chi connectivity index (χ2n) is 3.94. The molecule has 0 atom stereocenters. The molecule has 1 amide bonds. The van der Waals surface area contributed by atoms with Crippen LogP contribution in [-0.4, -0.2) is 24.5 Å². The number of furan rings is 1. The maximum atomic E-state index is 11.3. The van der Waals surface area contributed by atoms with Gasteiger partial charge in [0, 0.05) is 6.54 Å². The highest BCUT2D eigenvalue weighted by Gasteiger charge is 2.10. The molecule has 0 aliphatic carbocycles. The van der Waals surface area contributed by atoms with Gasteiger partial charge in [-0.1, -0.05) is 6.08 Å². The third-order valence-electron chi connectivity index (χ3n) is 2.56. The first-order valence-corrected chi connectivity index (χ1v) is 5.98. The summed E-state index contributed by atoms with van der Waals surface area (Å²) < 4.78 is 10.1. The molecule has 2 aromatic heterocycles. The van der Waals surface area contributed by atoms with Gasteiger partial charge in [-0.3, -0.25) is 4.79 Å². The SMILES string of the molecule is COc1ncc(NCC=Cc2ccco2)cc1C(N)=O. The number of hydrogen-bond donors (Lipinski definition) is 2. The molecule has 0 radical (unpaired) electrons. The minimum absolute atomic E-state index is 0.217. The van der Waals surface area contributed by atoms with Crippen LogP contribution in [0.5, 0.6) is 5.88 Å². The third kappa shape index (κ3) is 3.38. The fourth-order valence-electron chi connectivity index (χ4n) is 1.63. The summed E-state index contributed by atoms with van der Waals surface area (Å²) in [5.74, 6) is 0.413. The zero-order valence-electron chi connectivity index (χ0n) is 11.0. The second-order valence-corrected chi connectivity index (χ2v) is 3.94. The number of nitrogens with two attached hydrogens (primary N) is 1. The number of carbonyl (C=O) groups is 1. The summed E-state index contributed by atoms with van der Waals surface area (Å²) in [6.45, 7) is 0.562. The van der Waals surface area contributed by atoms with Crippen LogP contribution >= 0.6 is 0 Å². The van der Waals surface area contributed by atoms with Crippen LogP contribution in [0, 0.1) is 0 Å². The summed E-state index contributed by atoms with van der Waals surface area (Å²) in [7, 11) is 1.44. The Labute approximate surface area is 116 Å². The van der Waals surface area contributed by atoms with Gasteiger partial charge in [0.15, 0.2) is 0 Å². The van der Waals surface area contributed by atoms with E-state index in [-0.39, 0.29) is 11.4 Å². The lowest BCUT2D eigenvalue weighted by Gasteiger charge is -2.07. The molecule has 104 valence electrons.